The lowest BCUT2D eigenvalue weighted by Gasteiger charge is -2.34. The van der Waals surface area contributed by atoms with Gasteiger partial charge in [-0.2, -0.15) is 0 Å². The summed E-state index contributed by atoms with van der Waals surface area (Å²) in [5.74, 6) is 0. The predicted molar refractivity (Wildman–Crippen MR) is 51.5 cm³/mol. The van der Waals surface area contributed by atoms with Gasteiger partial charge in [-0.25, -0.2) is 0 Å². The lowest BCUT2D eigenvalue weighted by molar-refractivity contribution is -0.921. The first-order valence-electron chi connectivity index (χ1n) is 4.75. The second-order valence-corrected chi connectivity index (χ2v) is 2.85. The summed E-state index contributed by atoms with van der Waals surface area (Å²) in [7, 11) is -3.67. The highest BCUT2D eigenvalue weighted by molar-refractivity contribution is 6.33. The van der Waals surface area contributed by atoms with Gasteiger partial charge in [-0.1, -0.05) is 0 Å². The molecule has 0 saturated carbocycles. The quantitative estimate of drug-likeness (QED) is 0.346. The Bertz CT molecular complexity index is 89.2. The van der Waals surface area contributed by atoms with E-state index in [-0.39, 0.29) is 4.70 Å². The number of hydrogen-bond acceptors (Lipinski definition) is 0. The molecule has 0 aromatic heterocycles. The van der Waals surface area contributed by atoms with Crippen LogP contribution >= 0.6 is 0 Å². The van der Waals surface area contributed by atoms with E-state index in [9.17, 15) is 12.9 Å². The Morgan fingerprint density at radius 1 is 0.786 bits per heavy atom. The highest BCUT2D eigenvalue weighted by Gasteiger charge is 2.16. The molecule has 0 unspecified atom stereocenters. The Balaban J connectivity index is -0.000000209. The van der Waals surface area contributed by atoms with Crippen LogP contribution in [-0.2, 0) is 0 Å². The Kier molecular flexibility index (Phi) is 15.0. The van der Waals surface area contributed by atoms with Crippen LogP contribution in [0.3, 0.4) is 0 Å². The van der Waals surface area contributed by atoms with E-state index in [0.29, 0.717) is 0 Å². The molecule has 0 atom stereocenters. The number of rotatable bonds is 4. The monoisotopic (exact) mass is 217 g/mol. The first-order valence-corrected chi connectivity index (χ1v) is 4.75. The van der Waals surface area contributed by atoms with Crippen molar-refractivity contribution in [1.82, 2.24) is 0 Å². The van der Waals surface area contributed by atoms with Gasteiger partial charge >= 0.3 is 7.54 Å². The molecule has 0 N–H and O–H groups in total. The molecule has 0 bridgehead atoms. The Morgan fingerprint density at radius 2 is 0.929 bits per heavy atom. The number of halogens is 4. The third-order valence-corrected chi connectivity index (χ3v) is 2.68. The van der Waals surface area contributed by atoms with E-state index in [0.717, 1.165) is 0 Å². The van der Waals surface area contributed by atoms with Crippen molar-refractivity contribution in [2.75, 3.05) is 26.2 Å². The van der Waals surface area contributed by atoms with Crippen molar-refractivity contribution in [3.05, 3.63) is 0 Å². The van der Waals surface area contributed by atoms with Crippen LogP contribution in [0, 0.1) is 0 Å². The smallest absolute Gasteiger partial charge is 0.762 e. The highest BCUT2D eigenvalue weighted by Crippen LogP contribution is 2.03. The molecule has 0 aromatic carbocycles. The van der Waals surface area contributed by atoms with Crippen LogP contribution in [0.15, 0.2) is 0 Å². The first-order chi connectivity index (χ1) is 5.97. The fraction of sp³-hybridized carbons (Fsp3) is 1.00. The van der Waals surface area contributed by atoms with E-state index in [1.54, 1.807) is 0 Å². The number of nitrogens with zero attached hydrogens (tertiary/aromatic N) is 1. The summed E-state index contributed by atoms with van der Waals surface area (Å²) in [6.07, 6.45) is 0. The first kappa shape index (κ1) is 19.3. The maximum absolute atomic E-state index is 9.67. The van der Waals surface area contributed by atoms with Crippen molar-refractivity contribution in [3.8, 4) is 0 Å². The normalized spacial score (nSPS) is 9.64. The second kappa shape index (κ2) is 10.8. The van der Waals surface area contributed by atoms with Crippen molar-refractivity contribution in [2.24, 2.45) is 0 Å². The molecule has 0 heterocycles. The molecule has 14 heavy (non-hydrogen) atoms. The van der Waals surface area contributed by atoms with Gasteiger partial charge in [0.25, 0.3) is 0 Å². The second-order valence-electron chi connectivity index (χ2n) is 2.85. The van der Waals surface area contributed by atoms with Gasteiger partial charge in [0.15, 0.2) is 0 Å². The predicted octanol–water partition coefficient (Wildman–Crippen LogP) is -0.233. The molecule has 0 spiro atoms. The van der Waals surface area contributed by atoms with Crippen LogP contribution in [-0.4, -0.2) is 38.2 Å². The van der Waals surface area contributed by atoms with E-state index in [4.69, 9.17) is 0 Å². The molecule has 6 heteroatoms. The highest BCUT2D eigenvalue weighted by atomic mass is 19.4. The maximum Gasteiger partial charge on any atom is 0.762 e. The van der Waals surface area contributed by atoms with Crippen molar-refractivity contribution in [2.45, 2.75) is 27.7 Å². The summed E-state index contributed by atoms with van der Waals surface area (Å²) in [6.45, 7) is 14.2. The van der Waals surface area contributed by atoms with Crippen molar-refractivity contribution < 1.29 is 22.1 Å². The molecule has 1 nitrogen and oxygen atoms in total. The zero-order chi connectivity index (χ0) is 10.9. The van der Waals surface area contributed by atoms with Gasteiger partial charge in [0.2, 0.25) is 0 Å². The summed E-state index contributed by atoms with van der Waals surface area (Å²) in [4.78, 5) is 0. The Labute approximate surface area is 84.5 Å². The topological polar surface area (TPSA) is 0 Å². The Morgan fingerprint density at radius 3 is 0.929 bits per heavy atom. The van der Waals surface area contributed by atoms with E-state index in [1.165, 1.54) is 30.7 Å². The Hall–Kier alpha value is -0.255. The van der Waals surface area contributed by atoms with E-state index in [1.807, 2.05) is 0 Å². The summed E-state index contributed by atoms with van der Waals surface area (Å²) in [5.41, 5.74) is 0. The molecule has 0 aromatic rings. The third-order valence-electron chi connectivity index (χ3n) is 2.68. The SMILES string of the molecule is CC[N+](CC)(CC)CC.FB(F)F.[F-]. The van der Waals surface area contributed by atoms with Crippen molar-refractivity contribution >= 4 is 7.54 Å². The zero-order valence-corrected chi connectivity index (χ0v) is 9.36. The van der Waals surface area contributed by atoms with Crippen molar-refractivity contribution in [3.63, 3.8) is 0 Å². The minimum Gasteiger partial charge on any atom is -1.00 e. The summed E-state index contributed by atoms with van der Waals surface area (Å²) in [6, 6.07) is 0. The van der Waals surface area contributed by atoms with E-state index < -0.39 is 7.54 Å². The van der Waals surface area contributed by atoms with Crippen molar-refractivity contribution in [1.29, 1.82) is 0 Å². The fourth-order valence-electron chi connectivity index (χ4n) is 1.34. The van der Waals surface area contributed by atoms with Crippen LogP contribution in [0.25, 0.3) is 0 Å². The van der Waals surface area contributed by atoms with Gasteiger partial charge in [-0.3, -0.25) is 12.9 Å². The molecule has 0 rings (SSSR count). The van der Waals surface area contributed by atoms with E-state index in [2.05, 4.69) is 27.7 Å². The molecule has 0 amide bonds. The minimum atomic E-state index is -3.67. The zero-order valence-electron chi connectivity index (χ0n) is 9.36. The standard InChI is InChI=1S/C8H20N.BF3.FH/c1-5-9(6-2,7-3)8-4;2-1(3)4;/h5-8H2,1-4H3;;1H/q+1;;/p-1. The third kappa shape index (κ3) is 9.83. The lowest BCUT2D eigenvalue weighted by atomic mass is 10.3. The van der Waals surface area contributed by atoms with Crippen LogP contribution < -0.4 is 4.70 Å². The molecular weight excluding hydrogens is 197 g/mol. The van der Waals surface area contributed by atoms with Gasteiger partial charge in [-0.15, -0.1) is 0 Å². The molecule has 0 aliphatic heterocycles. The van der Waals surface area contributed by atoms with Crippen LogP contribution in [0.4, 0.5) is 12.9 Å². The summed E-state index contributed by atoms with van der Waals surface area (Å²) < 4.78 is 30.3. The van der Waals surface area contributed by atoms with Gasteiger partial charge in [0, 0.05) is 0 Å². The van der Waals surface area contributed by atoms with Crippen LogP contribution in [0.2, 0.25) is 0 Å². The average molecular weight is 217 g/mol. The van der Waals surface area contributed by atoms with Crippen LogP contribution in [0.5, 0.6) is 0 Å². The fourth-order valence-corrected chi connectivity index (χ4v) is 1.34. The van der Waals surface area contributed by atoms with Gasteiger partial charge in [-0.05, 0) is 27.7 Å². The molecule has 0 aliphatic rings. The largest absolute Gasteiger partial charge is 1.00 e. The molecule has 0 fully saturated rings. The minimum absolute atomic E-state index is 0. The summed E-state index contributed by atoms with van der Waals surface area (Å²) >= 11 is 0. The molecule has 0 saturated heterocycles. The number of quaternary nitrogens is 1. The molecule has 88 valence electrons. The molecule has 0 aliphatic carbocycles. The van der Waals surface area contributed by atoms with Gasteiger partial charge in [0.05, 0.1) is 26.2 Å². The van der Waals surface area contributed by atoms with Gasteiger partial charge in [0.1, 0.15) is 0 Å². The summed E-state index contributed by atoms with van der Waals surface area (Å²) in [5, 5.41) is 0. The van der Waals surface area contributed by atoms with E-state index >= 15 is 0 Å². The average Bonchev–Trinajstić information content (AvgIpc) is 2.09. The van der Waals surface area contributed by atoms with Gasteiger partial charge < -0.3 is 9.19 Å². The number of hydrogen-bond donors (Lipinski definition) is 0. The maximum atomic E-state index is 9.67. The molecule has 0 radical (unpaired) electrons. The van der Waals surface area contributed by atoms with Crippen LogP contribution in [0.1, 0.15) is 27.7 Å². The lowest BCUT2D eigenvalue weighted by Crippen LogP contribution is -3.00. The molecular formula is C8H20BF4N.